The summed E-state index contributed by atoms with van der Waals surface area (Å²) < 4.78 is 5.77. The van der Waals surface area contributed by atoms with Gasteiger partial charge in [-0.15, -0.1) is 0 Å². The van der Waals surface area contributed by atoms with Crippen molar-refractivity contribution in [2.45, 2.75) is 0 Å². The first-order valence-corrected chi connectivity index (χ1v) is 5.49. The summed E-state index contributed by atoms with van der Waals surface area (Å²) >= 11 is 2.06. The largest absolute Gasteiger partial charge is 0.490 e. The van der Waals surface area contributed by atoms with Crippen molar-refractivity contribution in [3.05, 3.63) is 38.1 Å². The number of nitro groups is 1. The molecule has 6 heteroatoms. The Morgan fingerprint density at radius 2 is 2.12 bits per heavy atom. The van der Waals surface area contributed by atoms with Crippen LogP contribution in [-0.2, 0) is 0 Å². The Labute approximate surface area is 105 Å². The Bertz CT molecular complexity index is 571. The highest BCUT2D eigenvalue weighted by atomic mass is 127. The van der Waals surface area contributed by atoms with Crippen LogP contribution < -0.4 is 4.74 Å². The fourth-order valence-electron chi connectivity index (χ4n) is 1.50. The van der Waals surface area contributed by atoms with Gasteiger partial charge in [0.1, 0.15) is 3.70 Å². The summed E-state index contributed by atoms with van der Waals surface area (Å²) in [4.78, 5) is 14.7. The van der Waals surface area contributed by atoms with Gasteiger partial charge in [-0.05, 0) is 46.9 Å². The van der Waals surface area contributed by atoms with Crippen molar-refractivity contribution < 1.29 is 9.66 Å². The van der Waals surface area contributed by atoms with E-state index in [1.807, 2.05) is 0 Å². The zero-order chi connectivity index (χ0) is 11.7. The number of pyridine rings is 1. The number of halogens is 1. The highest BCUT2D eigenvalue weighted by molar-refractivity contribution is 14.1. The molecule has 2 rings (SSSR count). The molecule has 0 fully saturated rings. The van der Waals surface area contributed by atoms with Gasteiger partial charge in [0.15, 0.2) is 5.75 Å². The zero-order valence-electron chi connectivity index (χ0n) is 8.31. The number of aromatic nitrogens is 1. The molecule has 0 bridgehead atoms. The van der Waals surface area contributed by atoms with Gasteiger partial charge >= 0.3 is 5.69 Å². The lowest BCUT2D eigenvalue weighted by Crippen LogP contribution is -1.96. The summed E-state index contributed by atoms with van der Waals surface area (Å²) in [5, 5.41) is 11.5. The maximum Gasteiger partial charge on any atom is 0.320 e. The van der Waals surface area contributed by atoms with Crippen molar-refractivity contribution in [2.24, 2.45) is 0 Å². The van der Waals surface area contributed by atoms with Crippen molar-refractivity contribution in [3.63, 3.8) is 0 Å². The molecule has 0 spiro atoms. The Morgan fingerprint density at radius 3 is 2.75 bits per heavy atom. The molecule has 0 atom stereocenters. The minimum atomic E-state index is -0.449. The van der Waals surface area contributed by atoms with Crippen LogP contribution in [-0.4, -0.2) is 17.0 Å². The quantitative estimate of drug-likeness (QED) is 0.368. The number of hydrogen-bond donors (Lipinski definition) is 0. The lowest BCUT2D eigenvalue weighted by atomic mass is 10.1. The van der Waals surface area contributed by atoms with Crippen LogP contribution in [0.3, 0.4) is 0 Å². The first-order chi connectivity index (χ1) is 7.63. The Kier molecular flexibility index (Phi) is 2.90. The van der Waals surface area contributed by atoms with Crippen molar-refractivity contribution in [2.75, 3.05) is 7.11 Å². The molecule has 0 radical (unpaired) electrons. The molecule has 0 amide bonds. The molecule has 0 saturated carbocycles. The number of nitrogens with zero attached hydrogens (tertiary/aromatic N) is 2. The first-order valence-electron chi connectivity index (χ1n) is 4.41. The highest BCUT2D eigenvalue weighted by Gasteiger charge is 2.19. The molecular formula is C10H7IN2O3. The first kappa shape index (κ1) is 11.1. The molecule has 1 aromatic carbocycles. The molecular weight excluding hydrogens is 323 g/mol. The fourth-order valence-corrected chi connectivity index (χ4v) is 1.94. The smallest absolute Gasteiger partial charge is 0.320 e. The predicted molar refractivity (Wildman–Crippen MR) is 67.7 cm³/mol. The van der Waals surface area contributed by atoms with E-state index in [0.717, 1.165) is 3.70 Å². The zero-order valence-corrected chi connectivity index (χ0v) is 10.5. The Balaban J connectivity index is 2.84. The summed E-state index contributed by atoms with van der Waals surface area (Å²) in [7, 11) is 1.41. The molecule has 0 N–H and O–H groups in total. The third-order valence-corrected chi connectivity index (χ3v) is 2.78. The lowest BCUT2D eigenvalue weighted by Gasteiger charge is -2.04. The second-order valence-corrected chi connectivity index (χ2v) is 4.18. The predicted octanol–water partition coefficient (Wildman–Crippen LogP) is 2.76. The average Bonchev–Trinajstić information content (AvgIpc) is 2.26. The molecule has 16 heavy (non-hydrogen) atoms. The molecule has 0 aliphatic rings. The monoisotopic (exact) mass is 330 g/mol. The summed E-state index contributed by atoms with van der Waals surface area (Å²) in [5.74, 6) is 0.250. The maximum atomic E-state index is 11.0. The summed E-state index contributed by atoms with van der Waals surface area (Å²) in [6.07, 6.45) is 0. The molecule has 5 nitrogen and oxygen atoms in total. The Hall–Kier alpha value is -1.44. The Morgan fingerprint density at radius 1 is 1.38 bits per heavy atom. The van der Waals surface area contributed by atoms with E-state index in [0.29, 0.717) is 10.9 Å². The molecule has 1 aromatic heterocycles. The van der Waals surface area contributed by atoms with E-state index in [9.17, 15) is 10.1 Å². The van der Waals surface area contributed by atoms with E-state index < -0.39 is 4.92 Å². The third kappa shape index (κ3) is 1.80. The van der Waals surface area contributed by atoms with Crippen LogP contribution in [0, 0.1) is 13.8 Å². The van der Waals surface area contributed by atoms with Crippen molar-refractivity contribution in [1.82, 2.24) is 4.98 Å². The standard InChI is InChI=1S/C10H7IN2O3/c1-16-8-4-3-7-6(10(8)13(14)15)2-5-9(11)12-7/h2-5H,1H3. The normalized spacial score (nSPS) is 10.4. The van der Waals surface area contributed by atoms with Crippen LogP contribution >= 0.6 is 22.6 Å². The number of rotatable bonds is 2. The van der Waals surface area contributed by atoms with Crippen LogP contribution in [0.25, 0.3) is 10.9 Å². The van der Waals surface area contributed by atoms with Gasteiger partial charge in [0.25, 0.3) is 0 Å². The molecule has 0 aliphatic heterocycles. The highest BCUT2D eigenvalue weighted by Crippen LogP contribution is 2.34. The van der Waals surface area contributed by atoms with Crippen molar-refractivity contribution >= 4 is 39.2 Å². The van der Waals surface area contributed by atoms with Crippen LogP contribution in [0.4, 0.5) is 5.69 Å². The minimum Gasteiger partial charge on any atom is -0.490 e. The number of ether oxygens (including phenoxy) is 1. The second-order valence-electron chi connectivity index (χ2n) is 3.07. The van der Waals surface area contributed by atoms with Gasteiger partial charge in [-0.1, -0.05) is 0 Å². The van der Waals surface area contributed by atoms with Gasteiger partial charge in [-0.25, -0.2) is 4.98 Å². The molecule has 0 saturated heterocycles. The number of benzene rings is 1. The van der Waals surface area contributed by atoms with Crippen LogP contribution in [0.2, 0.25) is 0 Å². The van der Waals surface area contributed by atoms with Crippen LogP contribution in [0.5, 0.6) is 5.75 Å². The number of nitro benzene ring substituents is 1. The molecule has 1 heterocycles. The van der Waals surface area contributed by atoms with Gasteiger partial charge in [-0.2, -0.15) is 0 Å². The summed E-state index contributed by atoms with van der Waals surface area (Å²) in [6.45, 7) is 0. The summed E-state index contributed by atoms with van der Waals surface area (Å²) in [5.41, 5.74) is 0.559. The summed E-state index contributed by atoms with van der Waals surface area (Å²) in [6, 6.07) is 6.69. The maximum absolute atomic E-state index is 11.0. The fraction of sp³-hybridized carbons (Fsp3) is 0.100. The van der Waals surface area contributed by atoms with E-state index in [-0.39, 0.29) is 11.4 Å². The van der Waals surface area contributed by atoms with Gasteiger partial charge in [0.05, 0.1) is 22.9 Å². The lowest BCUT2D eigenvalue weighted by molar-refractivity contribution is -0.383. The van der Waals surface area contributed by atoms with E-state index in [2.05, 4.69) is 27.6 Å². The van der Waals surface area contributed by atoms with E-state index >= 15 is 0 Å². The number of hydrogen-bond acceptors (Lipinski definition) is 4. The van der Waals surface area contributed by atoms with Crippen LogP contribution in [0.1, 0.15) is 0 Å². The minimum absolute atomic E-state index is 0.0381. The van der Waals surface area contributed by atoms with E-state index in [1.165, 1.54) is 7.11 Å². The average molecular weight is 330 g/mol. The van der Waals surface area contributed by atoms with Crippen molar-refractivity contribution in [1.29, 1.82) is 0 Å². The van der Waals surface area contributed by atoms with Gasteiger partial charge in [0.2, 0.25) is 0 Å². The number of fused-ring (bicyclic) bond motifs is 1. The number of methoxy groups -OCH3 is 1. The van der Waals surface area contributed by atoms with Gasteiger partial charge < -0.3 is 4.74 Å². The van der Waals surface area contributed by atoms with Gasteiger partial charge in [0, 0.05) is 0 Å². The third-order valence-electron chi connectivity index (χ3n) is 2.17. The molecule has 82 valence electrons. The molecule has 0 aliphatic carbocycles. The van der Waals surface area contributed by atoms with Crippen LogP contribution in [0.15, 0.2) is 24.3 Å². The van der Waals surface area contributed by atoms with Gasteiger partial charge in [-0.3, -0.25) is 10.1 Å². The second kappa shape index (κ2) is 4.20. The van der Waals surface area contributed by atoms with E-state index in [1.54, 1.807) is 24.3 Å². The topological polar surface area (TPSA) is 65.3 Å². The molecule has 0 unspecified atom stereocenters. The van der Waals surface area contributed by atoms with E-state index in [4.69, 9.17) is 4.74 Å². The van der Waals surface area contributed by atoms with Crippen molar-refractivity contribution in [3.8, 4) is 5.75 Å². The molecule has 2 aromatic rings. The SMILES string of the molecule is COc1ccc2nc(I)ccc2c1[N+](=O)[O-].